The molecule has 2 N–H and O–H groups in total. The van der Waals surface area contributed by atoms with Gasteiger partial charge in [0.1, 0.15) is 47.6 Å². The van der Waals surface area contributed by atoms with E-state index in [1.807, 2.05) is 6.07 Å². The zero-order chi connectivity index (χ0) is 31.0. The first kappa shape index (κ1) is 28.9. The number of nitrogens with zero attached hydrogens (tertiary/aromatic N) is 5. The lowest BCUT2D eigenvalue weighted by Gasteiger charge is -2.31. The van der Waals surface area contributed by atoms with E-state index in [4.69, 9.17) is 31.8 Å². The number of anilines is 2. The molecule has 2 aromatic carbocycles. The van der Waals surface area contributed by atoms with Crippen LogP contribution < -0.4 is 20.1 Å². The lowest BCUT2D eigenvalue weighted by atomic mass is 9.95. The number of thiophene rings is 1. The molecule has 1 aliphatic carbocycles. The highest BCUT2D eigenvalue weighted by molar-refractivity contribution is 7.23. The fraction of sp³-hybridized carbons (Fsp3) is 0.469. The minimum absolute atomic E-state index is 0.00852. The van der Waals surface area contributed by atoms with Crippen molar-refractivity contribution in [2.24, 2.45) is 0 Å². The van der Waals surface area contributed by atoms with Crippen molar-refractivity contribution < 1.29 is 22.6 Å². The minimum atomic E-state index is -0.923. The van der Waals surface area contributed by atoms with Crippen LogP contribution in [-0.2, 0) is 0 Å². The summed E-state index contributed by atoms with van der Waals surface area (Å²) in [5.41, 5.74) is 5.78. The number of halogens is 4. The second-order valence-corrected chi connectivity index (χ2v) is 13.9. The molecule has 4 aromatic rings. The van der Waals surface area contributed by atoms with Crippen LogP contribution in [0.15, 0.2) is 12.1 Å². The lowest BCUT2D eigenvalue weighted by Crippen LogP contribution is -2.43. The van der Waals surface area contributed by atoms with Crippen molar-refractivity contribution in [3.8, 4) is 29.0 Å². The molecule has 0 bridgehead atoms. The molecule has 8 rings (SSSR count). The van der Waals surface area contributed by atoms with Crippen LogP contribution in [0.1, 0.15) is 50.5 Å². The first-order valence-corrected chi connectivity index (χ1v) is 16.5. The lowest BCUT2D eigenvalue weighted by molar-refractivity contribution is 0.107. The van der Waals surface area contributed by atoms with E-state index in [9.17, 15) is 14.0 Å². The third-order valence-electron chi connectivity index (χ3n) is 9.99. The van der Waals surface area contributed by atoms with E-state index < -0.39 is 23.3 Å². The monoisotopic (exact) mass is 654 g/mol. The van der Waals surface area contributed by atoms with Crippen LogP contribution in [0.25, 0.3) is 32.1 Å². The minimum Gasteiger partial charge on any atom is -0.489 e. The summed E-state index contributed by atoms with van der Waals surface area (Å²) in [7, 11) is 0. The summed E-state index contributed by atoms with van der Waals surface area (Å²) >= 11 is 7.92. The van der Waals surface area contributed by atoms with Crippen molar-refractivity contribution >= 4 is 54.7 Å². The molecule has 2 aromatic heterocycles. The van der Waals surface area contributed by atoms with E-state index in [2.05, 4.69) is 14.8 Å². The maximum atomic E-state index is 17.1. The molecular weight excluding hydrogens is 625 g/mol. The number of rotatable bonds is 5. The molecule has 2 atom stereocenters. The third-order valence-corrected chi connectivity index (χ3v) is 11.4. The number of aromatic nitrogens is 2. The standard InChI is InChI=1S/C32H30ClF3N6O2S/c33-24-22(18-6-7-20(35)28-21(18)19(13-37)29(38)45-28)25(36)26-23-27(24)43-11-10-42(17-4-1-2-5-17)30(23)40-31(39-26)44-15-32-8-3-9-41(32)14-16(34)12-32/h6-7,16-17H,1-5,8-12,14-15,38H2/t16-,32+/m1/s1. The predicted octanol–water partition coefficient (Wildman–Crippen LogP) is 6.99. The molecule has 0 radical (unpaired) electrons. The molecule has 8 nitrogen and oxygen atoms in total. The van der Waals surface area contributed by atoms with Crippen LogP contribution in [0.5, 0.6) is 11.8 Å². The number of hydrogen-bond donors (Lipinski definition) is 1. The van der Waals surface area contributed by atoms with Gasteiger partial charge in [-0.2, -0.15) is 15.2 Å². The largest absolute Gasteiger partial charge is 0.489 e. The number of fused-ring (bicyclic) bond motifs is 2. The van der Waals surface area contributed by atoms with Crippen LogP contribution in [0.4, 0.5) is 24.0 Å². The van der Waals surface area contributed by atoms with Gasteiger partial charge in [0, 0.05) is 30.0 Å². The SMILES string of the molecule is N#Cc1c(N)sc2c(F)ccc(-c3c(Cl)c4c5c(nc(OC[C@@]67CCCN6C[C@H](F)C7)nc5c3F)N(C3CCCC3)CCO4)c12. The molecule has 3 fully saturated rings. The van der Waals surface area contributed by atoms with Gasteiger partial charge < -0.3 is 20.1 Å². The van der Waals surface area contributed by atoms with Gasteiger partial charge in [0.05, 0.1) is 32.8 Å². The van der Waals surface area contributed by atoms with Gasteiger partial charge in [-0.1, -0.05) is 30.5 Å². The molecule has 0 spiro atoms. The molecule has 13 heteroatoms. The van der Waals surface area contributed by atoms with Gasteiger partial charge >= 0.3 is 6.01 Å². The van der Waals surface area contributed by atoms with Crippen molar-refractivity contribution in [3.05, 3.63) is 34.4 Å². The molecule has 2 saturated heterocycles. The van der Waals surface area contributed by atoms with E-state index in [-0.39, 0.29) is 73.3 Å². The summed E-state index contributed by atoms with van der Waals surface area (Å²) < 4.78 is 59.1. The van der Waals surface area contributed by atoms with Gasteiger partial charge in [0.25, 0.3) is 0 Å². The number of benzene rings is 2. The van der Waals surface area contributed by atoms with E-state index in [0.717, 1.165) is 56.4 Å². The average molecular weight is 655 g/mol. The maximum Gasteiger partial charge on any atom is 0.319 e. The smallest absolute Gasteiger partial charge is 0.319 e. The normalized spacial score (nSPS) is 23.4. The second kappa shape index (κ2) is 10.8. The Labute approximate surface area is 266 Å². The van der Waals surface area contributed by atoms with Gasteiger partial charge in [0.2, 0.25) is 0 Å². The van der Waals surface area contributed by atoms with E-state index >= 15 is 4.39 Å². The Morgan fingerprint density at radius 1 is 1.18 bits per heavy atom. The van der Waals surface area contributed by atoms with Crippen LogP contribution in [-0.4, -0.2) is 65.5 Å². The van der Waals surface area contributed by atoms with Crippen molar-refractivity contribution in [3.63, 3.8) is 0 Å². The van der Waals surface area contributed by atoms with Gasteiger partial charge in [0.15, 0.2) is 11.6 Å². The van der Waals surface area contributed by atoms with Crippen LogP contribution in [0, 0.1) is 23.0 Å². The molecule has 1 saturated carbocycles. The summed E-state index contributed by atoms with van der Waals surface area (Å²) in [6, 6.07) is 4.82. The molecule has 0 amide bonds. The number of ether oxygens (including phenoxy) is 2. The van der Waals surface area contributed by atoms with E-state index in [1.165, 1.54) is 12.1 Å². The van der Waals surface area contributed by atoms with Crippen molar-refractivity contribution in [2.75, 3.05) is 43.5 Å². The Morgan fingerprint density at radius 2 is 2.00 bits per heavy atom. The number of alkyl halides is 1. The highest BCUT2D eigenvalue weighted by Crippen LogP contribution is 2.51. The number of nitriles is 1. The maximum absolute atomic E-state index is 17.1. The Kier molecular flexibility index (Phi) is 6.93. The molecule has 0 unspecified atom stereocenters. The number of nitrogens with two attached hydrogens (primary N) is 1. The summed E-state index contributed by atoms with van der Waals surface area (Å²) in [4.78, 5) is 13.7. The molecular formula is C32H30ClF3N6O2S. The van der Waals surface area contributed by atoms with Gasteiger partial charge in [-0.05, 0) is 43.9 Å². The highest BCUT2D eigenvalue weighted by Gasteiger charge is 2.49. The zero-order valence-corrected chi connectivity index (χ0v) is 25.9. The van der Waals surface area contributed by atoms with E-state index in [0.29, 0.717) is 30.7 Å². The van der Waals surface area contributed by atoms with Crippen molar-refractivity contribution in [1.82, 2.24) is 14.9 Å². The van der Waals surface area contributed by atoms with Gasteiger partial charge in [-0.15, -0.1) is 11.3 Å². The summed E-state index contributed by atoms with van der Waals surface area (Å²) in [6.07, 6.45) is 5.29. The quantitative estimate of drug-likeness (QED) is 0.246. The zero-order valence-electron chi connectivity index (χ0n) is 24.3. The van der Waals surface area contributed by atoms with Crippen molar-refractivity contribution in [1.29, 1.82) is 5.26 Å². The summed E-state index contributed by atoms with van der Waals surface area (Å²) in [6.45, 7) is 2.14. The number of hydrogen-bond acceptors (Lipinski definition) is 9. The highest BCUT2D eigenvalue weighted by atomic mass is 35.5. The fourth-order valence-corrected chi connectivity index (χ4v) is 9.24. The third kappa shape index (κ3) is 4.42. The van der Waals surface area contributed by atoms with Gasteiger partial charge in [-0.3, -0.25) is 4.90 Å². The Balaban J connectivity index is 1.34. The Morgan fingerprint density at radius 3 is 2.80 bits per heavy atom. The topological polar surface area (TPSA) is 101 Å². The van der Waals surface area contributed by atoms with Crippen LogP contribution in [0.2, 0.25) is 5.02 Å². The number of nitrogen functional groups attached to an aromatic ring is 1. The Hall–Kier alpha value is -3.53. The van der Waals surface area contributed by atoms with Crippen molar-refractivity contribution in [2.45, 2.75) is 62.7 Å². The van der Waals surface area contributed by atoms with E-state index in [1.54, 1.807) is 0 Å². The Bertz CT molecular complexity index is 1910. The van der Waals surface area contributed by atoms with Gasteiger partial charge in [-0.25, -0.2) is 13.2 Å². The molecule has 45 heavy (non-hydrogen) atoms. The first-order valence-electron chi connectivity index (χ1n) is 15.3. The molecule has 4 aliphatic rings. The molecule has 3 aliphatic heterocycles. The summed E-state index contributed by atoms with van der Waals surface area (Å²) in [5, 5.41) is 10.5. The second-order valence-electron chi connectivity index (χ2n) is 12.5. The van der Waals surface area contributed by atoms with Crippen LogP contribution in [0.3, 0.4) is 0 Å². The average Bonchev–Trinajstić information content (AvgIpc) is 3.78. The fourth-order valence-electron chi connectivity index (χ4n) is 7.96. The molecule has 5 heterocycles. The predicted molar refractivity (Wildman–Crippen MR) is 168 cm³/mol. The molecule has 234 valence electrons. The van der Waals surface area contributed by atoms with Crippen LogP contribution >= 0.6 is 22.9 Å². The summed E-state index contributed by atoms with van der Waals surface area (Å²) in [5.74, 6) is -0.634. The first-order chi connectivity index (χ1) is 21.8.